The number of nitrogens with zero attached hydrogens (tertiary/aromatic N) is 3. The van der Waals surface area contributed by atoms with Crippen molar-refractivity contribution in [3.8, 4) is 0 Å². The predicted octanol–water partition coefficient (Wildman–Crippen LogP) is 2.60. The third-order valence-electron chi connectivity index (χ3n) is 3.18. The molecule has 0 unspecified atom stereocenters. The highest BCUT2D eigenvalue weighted by molar-refractivity contribution is 14.0. The first-order valence-electron chi connectivity index (χ1n) is 6.85. The Kier molecular flexibility index (Phi) is 8.26. The Morgan fingerprint density at radius 2 is 2.14 bits per heavy atom. The van der Waals surface area contributed by atoms with E-state index in [1.165, 1.54) is 5.56 Å². The average molecular weight is 434 g/mol. The van der Waals surface area contributed by atoms with Crippen molar-refractivity contribution in [3.63, 3.8) is 0 Å². The summed E-state index contributed by atoms with van der Waals surface area (Å²) in [6.45, 7) is 1.48. The average Bonchev–Trinajstić information content (AvgIpc) is 2.88. The van der Waals surface area contributed by atoms with Crippen LogP contribution in [-0.2, 0) is 20.0 Å². The van der Waals surface area contributed by atoms with E-state index in [1.807, 2.05) is 36.0 Å². The molecule has 1 aromatic heterocycles. The summed E-state index contributed by atoms with van der Waals surface area (Å²) in [5.74, 6) is 0.776. The van der Waals surface area contributed by atoms with E-state index >= 15 is 0 Å². The molecule has 7 heteroatoms. The smallest absolute Gasteiger partial charge is 0.191 e. The molecule has 0 aliphatic heterocycles. The first-order chi connectivity index (χ1) is 10.2. The van der Waals surface area contributed by atoms with Crippen LogP contribution >= 0.6 is 35.6 Å². The van der Waals surface area contributed by atoms with Gasteiger partial charge in [0.1, 0.15) is 0 Å². The van der Waals surface area contributed by atoms with Gasteiger partial charge in [0.2, 0.25) is 0 Å². The number of rotatable bonds is 5. The Bertz CT molecular complexity index is 611. The van der Waals surface area contributed by atoms with Gasteiger partial charge in [0.15, 0.2) is 5.96 Å². The molecule has 1 aromatic carbocycles. The molecule has 0 atom stereocenters. The lowest BCUT2D eigenvalue weighted by Crippen LogP contribution is -2.38. The maximum absolute atomic E-state index is 5.97. The van der Waals surface area contributed by atoms with E-state index in [-0.39, 0.29) is 24.0 Å². The number of aromatic nitrogens is 2. The SMILES string of the molecule is CN=C(NCCc1cccc(Cl)c1)NCc1ccnn1C.I. The molecule has 2 rings (SSSR count). The molecule has 0 saturated carbocycles. The van der Waals surface area contributed by atoms with Crippen molar-refractivity contribution < 1.29 is 0 Å². The lowest BCUT2D eigenvalue weighted by Gasteiger charge is -2.12. The van der Waals surface area contributed by atoms with Gasteiger partial charge in [-0.2, -0.15) is 5.10 Å². The zero-order valence-corrected chi connectivity index (χ0v) is 15.8. The number of hydrogen-bond acceptors (Lipinski definition) is 2. The van der Waals surface area contributed by atoms with Crippen molar-refractivity contribution in [3.05, 3.63) is 52.8 Å². The van der Waals surface area contributed by atoms with Crippen LogP contribution in [0, 0.1) is 0 Å². The second-order valence-corrected chi connectivity index (χ2v) is 5.12. The quantitative estimate of drug-likeness (QED) is 0.433. The number of benzene rings is 1. The van der Waals surface area contributed by atoms with Crippen LogP contribution in [-0.4, -0.2) is 29.3 Å². The first kappa shape index (κ1) is 18.8. The molecule has 0 saturated heterocycles. The molecule has 0 aliphatic carbocycles. The number of hydrogen-bond donors (Lipinski definition) is 2. The number of aryl methyl sites for hydroxylation is 1. The van der Waals surface area contributed by atoms with Crippen LogP contribution in [0.3, 0.4) is 0 Å². The standard InChI is InChI=1S/C15H20ClN5.HI/c1-17-15(19-11-14-7-9-20-21(14)2)18-8-6-12-4-3-5-13(16)10-12;/h3-5,7,9-10H,6,8,11H2,1-2H3,(H2,17,18,19);1H. The number of aliphatic imine (C=N–C) groups is 1. The van der Waals surface area contributed by atoms with Gasteiger partial charge in [-0.05, 0) is 30.2 Å². The van der Waals surface area contributed by atoms with Gasteiger partial charge in [-0.1, -0.05) is 23.7 Å². The van der Waals surface area contributed by atoms with Crippen molar-refractivity contribution in [1.82, 2.24) is 20.4 Å². The molecule has 5 nitrogen and oxygen atoms in total. The van der Waals surface area contributed by atoms with Gasteiger partial charge in [-0.15, -0.1) is 24.0 Å². The molecular weight excluding hydrogens is 413 g/mol. The molecule has 0 bridgehead atoms. The van der Waals surface area contributed by atoms with E-state index in [0.717, 1.165) is 29.6 Å². The number of nitrogens with one attached hydrogen (secondary N) is 2. The maximum atomic E-state index is 5.97. The molecule has 2 aromatic rings. The van der Waals surface area contributed by atoms with Crippen molar-refractivity contribution in [1.29, 1.82) is 0 Å². The van der Waals surface area contributed by atoms with Crippen LogP contribution in [0.4, 0.5) is 0 Å². The lowest BCUT2D eigenvalue weighted by molar-refractivity contribution is 0.684. The second kappa shape index (κ2) is 9.68. The topological polar surface area (TPSA) is 54.2 Å². The molecule has 120 valence electrons. The minimum Gasteiger partial charge on any atom is -0.356 e. The highest BCUT2D eigenvalue weighted by Crippen LogP contribution is 2.10. The molecule has 1 heterocycles. The minimum absolute atomic E-state index is 0. The Morgan fingerprint density at radius 1 is 1.32 bits per heavy atom. The van der Waals surface area contributed by atoms with E-state index in [2.05, 4.69) is 26.8 Å². The summed E-state index contributed by atoms with van der Waals surface area (Å²) in [5, 5.41) is 11.5. The first-order valence-corrected chi connectivity index (χ1v) is 7.22. The van der Waals surface area contributed by atoms with Crippen molar-refractivity contribution in [2.75, 3.05) is 13.6 Å². The highest BCUT2D eigenvalue weighted by atomic mass is 127. The van der Waals surface area contributed by atoms with Crippen LogP contribution < -0.4 is 10.6 Å². The van der Waals surface area contributed by atoms with E-state index in [4.69, 9.17) is 11.6 Å². The summed E-state index contributed by atoms with van der Waals surface area (Å²) in [7, 11) is 3.68. The largest absolute Gasteiger partial charge is 0.356 e. The van der Waals surface area contributed by atoms with Gasteiger partial charge in [0.05, 0.1) is 12.2 Å². The van der Waals surface area contributed by atoms with Crippen molar-refractivity contribution >= 4 is 41.5 Å². The van der Waals surface area contributed by atoms with E-state index in [1.54, 1.807) is 13.2 Å². The third-order valence-corrected chi connectivity index (χ3v) is 3.41. The summed E-state index contributed by atoms with van der Waals surface area (Å²) in [5.41, 5.74) is 2.31. The fourth-order valence-electron chi connectivity index (χ4n) is 1.99. The summed E-state index contributed by atoms with van der Waals surface area (Å²) < 4.78 is 1.84. The van der Waals surface area contributed by atoms with Gasteiger partial charge in [0.25, 0.3) is 0 Å². The van der Waals surface area contributed by atoms with E-state index in [9.17, 15) is 0 Å². The van der Waals surface area contributed by atoms with Crippen LogP contribution in [0.1, 0.15) is 11.3 Å². The van der Waals surface area contributed by atoms with Gasteiger partial charge in [-0.25, -0.2) is 0 Å². The zero-order chi connectivity index (χ0) is 15.1. The fourth-order valence-corrected chi connectivity index (χ4v) is 2.20. The van der Waals surface area contributed by atoms with E-state index < -0.39 is 0 Å². The minimum atomic E-state index is 0. The number of halogens is 2. The Morgan fingerprint density at radius 3 is 2.77 bits per heavy atom. The second-order valence-electron chi connectivity index (χ2n) is 4.68. The summed E-state index contributed by atoms with van der Waals surface area (Å²) in [6, 6.07) is 9.88. The van der Waals surface area contributed by atoms with Crippen LogP contribution in [0.15, 0.2) is 41.5 Å². The molecule has 22 heavy (non-hydrogen) atoms. The monoisotopic (exact) mass is 433 g/mol. The van der Waals surface area contributed by atoms with Crippen LogP contribution in [0.2, 0.25) is 5.02 Å². The van der Waals surface area contributed by atoms with Crippen molar-refractivity contribution in [2.24, 2.45) is 12.0 Å². The summed E-state index contributed by atoms with van der Waals surface area (Å²) in [6.07, 6.45) is 2.68. The Balaban J connectivity index is 0.00000242. The van der Waals surface area contributed by atoms with Gasteiger partial charge >= 0.3 is 0 Å². The molecule has 0 spiro atoms. The molecule has 0 fully saturated rings. The van der Waals surface area contributed by atoms with Gasteiger partial charge in [0, 0.05) is 31.9 Å². The summed E-state index contributed by atoms with van der Waals surface area (Å²) >= 11 is 5.97. The summed E-state index contributed by atoms with van der Waals surface area (Å²) in [4.78, 5) is 4.20. The van der Waals surface area contributed by atoms with Crippen molar-refractivity contribution in [2.45, 2.75) is 13.0 Å². The van der Waals surface area contributed by atoms with Crippen LogP contribution in [0.25, 0.3) is 0 Å². The van der Waals surface area contributed by atoms with E-state index in [0.29, 0.717) is 6.54 Å². The highest BCUT2D eigenvalue weighted by Gasteiger charge is 2.01. The van der Waals surface area contributed by atoms with Crippen LogP contribution in [0.5, 0.6) is 0 Å². The molecule has 0 amide bonds. The predicted molar refractivity (Wildman–Crippen MR) is 102 cm³/mol. The Labute approximate surface area is 153 Å². The third kappa shape index (κ3) is 5.84. The lowest BCUT2D eigenvalue weighted by atomic mass is 10.1. The fraction of sp³-hybridized carbons (Fsp3) is 0.333. The number of guanidine groups is 1. The van der Waals surface area contributed by atoms with Gasteiger partial charge < -0.3 is 10.6 Å². The maximum Gasteiger partial charge on any atom is 0.191 e. The molecule has 0 aliphatic rings. The zero-order valence-electron chi connectivity index (χ0n) is 12.7. The van der Waals surface area contributed by atoms with Gasteiger partial charge in [-0.3, -0.25) is 9.67 Å². The molecule has 2 N–H and O–H groups in total. The Hall–Kier alpha value is -1.28. The molecule has 0 radical (unpaired) electrons. The molecular formula is C15H21ClIN5. The normalized spacial score (nSPS) is 11.0.